The number of pyridine rings is 1. The lowest BCUT2D eigenvalue weighted by atomic mass is 10.1. The molecule has 0 saturated carbocycles. The van der Waals surface area contributed by atoms with Gasteiger partial charge in [0.1, 0.15) is 5.56 Å². The molecule has 0 aliphatic carbocycles. The van der Waals surface area contributed by atoms with Crippen LogP contribution in [-0.4, -0.2) is 10.9 Å². The number of hydrogen-bond acceptors (Lipinski definition) is 2. The van der Waals surface area contributed by atoms with Gasteiger partial charge in [0.15, 0.2) is 0 Å². The van der Waals surface area contributed by atoms with Crippen LogP contribution >= 0.6 is 0 Å². The number of aryl methyl sites for hydroxylation is 2. The summed E-state index contributed by atoms with van der Waals surface area (Å²) in [5.41, 5.74) is -0.562. The van der Waals surface area contributed by atoms with Gasteiger partial charge in [-0.2, -0.15) is 13.2 Å². The van der Waals surface area contributed by atoms with Crippen molar-refractivity contribution in [3.05, 3.63) is 63.1 Å². The van der Waals surface area contributed by atoms with Crippen molar-refractivity contribution >= 4 is 11.6 Å². The lowest BCUT2D eigenvalue weighted by molar-refractivity contribution is -0.137. The van der Waals surface area contributed by atoms with E-state index in [0.29, 0.717) is 11.3 Å². The summed E-state index contributed by atoms with van der Waals surface area (Å²) in [5, 5.41) is 2.31. The van der Waals surface area contributed by atoms with Gasteiger partial charge in [-0.1, -0.05) is 6.07 Å². The van der Waals surface area contributed by atoms with Gasteiger partial charge in [-0.3, -0.25) is 9.59 Å². The summed E-state index contributed by atoms with van der Waals surface area (Å²) in [6.45, 7) is 3.26. The Morgan fingerprint density at radius 2 is 1.86 bits per heavy atom. The van der Waals surface area contributed by atoms with Crippen molar-refractivity contribution in [1.29, 1.82) is 0 Å². The third kappa shape index (κ3) is 3.36. The maximum atomic E-state index is 12.6. The van der Waals surface area contributed by atoms with Crippen molar-refractivity contribution in [1.82, 2.24) is 4.98 Å². The Labute approximate surface area is 124 Å². The van der Waals surface area contributed by atoms with Gasteiger partial charge in [0, 0.05) is 11.4 Å². The smallest absolute Gasteiger partial charge is 0.326 e. The van der Waals surface area contributed by atoms with Crippen molar-refractivity contribution in [3.63, 3.8) is 0 Å². The molecule has 0 atom stereocenters. The van der Waals surface area contributed by atoms with Crippen molar-refractivity contribution in [2.75, 3.05) is 5.32 Å². The van der Waals surface area contributed by atoms with E-state index in [2.05, 4.69) is 10.3 Å². The first-order valence-electron chi connectivity index (χ1n) is 6.37. The number of alkyl halides is 3. The number of H-pyrrole nitrogens is 1. The zero-order chi connectivity index (χ0) is 16.5. The SMILES string of the molecule is Cc1cc(C)c(C(=O)Nc2cccc(C(F)(F)F)c2)c(=O)[nH]1. The van der Waals surface area contributed by atoms with E-state index in [1.807, 2.05) is 0 Å². The number of rotatable bonds is 2. The van der Waals surface area contributed by atoms with Crippen molar-refractivity contribution in [3.8, 4) is 0 Å². The van der Waals surface area contributed by atoms with Gasteiger partial charge in [0.2, 0.25) is 0 Å². The highest BCUT2D eigenvalue weighted by Crippen LogP contribution is 2.30. The molecule has 0 bridgehead atoms. The van der Waals surface area contributed by atoms with E-state index in [-0.39, 0.29) is 11.3 Å². The van der Waals surface area contributed by atoms with E-state index in [1.165, 1.54) is 12.1 Å². The molecular formula is C15H13F3N2O2. The molecule has 2 aromatic rings. The predicted molar refractivity (Wildman–Crippen MR) is 75.9 cm³/mol. The predicted octanol–water partition coefficient (Wildman–Crippen LogP) is 3.26. The van der Waals surface area contributed by atoms with Crippen LogP contribution in [0.15, 0.2) is 35.1 Å². The summed E-state index contributed by atoms with van der Waals surface area (Å²) in [4.78, 5) is 26.4. The first-order valence-corrected chi connectivity index (χ1v) is 6.37. The summed E-state index contributed by atoms with van der Waals surface area (Å²) in [6, 6.07) is 5.84. The highest BCUT2D eigenvalue weighted by atomic mass is 19.4. The van der Waals surface area contributed by atoms with Crippen LogP contribution in [0, 0.1) is 13.8 Å². The zero-order valence-electron chi connectivity index (χ0n) is 11.8. The lowest BCUT2D eigenvalue weighted by Gasteiger charge is -2.10. The maximum Gasteiger partial charge on any atom is 0.416 e. The topological polar surface area (TPSA) is 62.0 Å². The number of benzene rings is 1. The Balaban J connectivity index is 2.33. The molecule has 2 rings (SSSR count). The third-order valence-electron chi connectivity index (χ3n) is 3.04. The number of nitrogens with one attached hydrogen (secondary N) is 2. The first-order chi connectivity index (χ1) is 10.2. The number of anilines is 1. The van der Waals surface area contributed by atoms with E-state index in [0.717, 1.165) is 12.1 Å². The van der Waals surface area contributed by atoms with Crippen LogP contribution in [-0.2, 0) is 6.18 Å². The molecule has 1 heterocycles. The van der Waals surface area contributed by atoms with Gasteiger partial charge >= 0.3 is 6.18 Å². The summed E-state index contributed by atoms with van der Waals surface area (Å²) in [5.74, 6) is -0.752. The lowest BCUT2D eigenvalue weighted by Crippen LogP contribution is -2.25. The Kier molecular flexibility index (Phi) is 4.07. The molecule has 0 aliphatic rings. The minimum Gasteiger partial charge on any atom is -0.326 e. The molecule has 4 nitrogen and oxygen atoms in total. The van der Waals surface area contributed by atoms with E-state index in [1.54, 1.807) is 19.9 Å². The Morgan fingerprint density at radius 1 is 1.18 bits per heavy atom. The van der Waals surface area contributed by atoms with Crippen LogP contribution in [0.3, 0.4) is 0 Å². The number of halogens is 3. The molecule has 116 valence electrons. The minimum atomic E-state index is -4.50. The van der Waals surface area contributed by atoms with Crippen LogP contribution in [0.5, 0.6) is 0 Å². The maximum absolute atomic E-state index is 12.6. The summed E-state index contributed by atoms with van der Waals surface area (Å²) < 4.78 is 37.9. The Hall–Kier alpha value is -2.57. The van der Waals surface area contributed by atoms with Crippen molar-refractivity contribution in [2.45, 2.75) is 20.0 Å². The second-order valence-electron chi connectivity index (χ2n) is 4.87. The van der Waals surface area contributed by atoms with Gasteiger partial charge in [0.25, 0.3) is 11.5 Å². The number of hydrogen-bond donors (Lipinski definition) is 2. The first kappa shape index (κ1) is 15.8. The average Bonchev–Trinajstić information content (AvgIpc) is 2.36. The van der Waals surface area contributed by atoms with Crippen molar-refractivity contribution < 1.29 is 18.0 Å². The standard InChI is InChI=1S/C15H13F3N2O2/c1-8-6-9(2)19-13(21)12(8)14(22)20-11-5-3-4-10(7-11)15(16,17)18/h3-7H,1-2H3,(H,19,21)(H,20,22). The van der Waals surface area contributed by atoms with Gasteiger partial charge < -0.3 is 10.3 Å². The molecule has 1 amide bonds. The summed E-state index contributed by atoms with van der Waals surface area (Å²) in [7, 11) is 0. The number of carbonyl (C=O) groups is 1. The van der Waals surface area contributed by atoms with Gasteiger partial charge in [-0.25, -0.2) is 0 Å². The van der Waals surface area contributed by atoms with Crippen LogP contribution in [0.4, 0.5) is 18.9 Å². The molecule has 7 heteroatoms. The van der Waals surface area contributed by atoms with Crippen LogP contribution in [0.2, 0.25) is 0 Å². The molecular weight excluding hydrogens is 297 g/mol. The number of amides is 1. The number of carbonyl (C=O) groups excluding carboxylic acids is 1. The molecule has 0 unspecified atom stereocenters. The monoisotopic (exact) mass is 310 g/mol. The van der Waals surface area contributed by atoms with Crippen LogP contribution in [0.25, 0.3) is 0 Å². The fourth-order valence-corrected chi connectivity index (χ4v) is 2.10. The molecule has 1 aromatic carbocycles. The largest absolute Gasteiger partial charge is 0.416 e. The minimum absolute atomic E-state index is 0.0285. The van der Waals surface area contributed by atoms with Crippen LogP contribution < -0.4 is 10.9 Å². The van der Waals surface area contributed by atoms with E-state index in [9.17, 15) is 22.8 Å². The van der Waals surface area contributed by atoms with Gasteiger partial charge in [-0.05, 0) is 43.7 Å². The molecule has 0 fully saturated rings. The highest BCUT2D eigenvalue weighted by Gasteiger charge is 2.30. The second kappa shape index (κ2) is 5.67. The third-order valence-corrected chi connectivity index (χ3v) is 3.04. The number of aromatic amines is 1. The Morgan fingerprint density at radius 3 is 2.45 bits per heavy atom. The van der Waals surface area contributed by atoms with E-state index in [4.69, 9.17) is 0 Å². The molecule has 2 N–H and O–H groups in total. The molecule has 22 heavy (non-hydrogen) atoms. The fourth-order valence-electron chi connectivity index (χ4n) is 2.10. The summed E-state index contributed by atoms with van der Waals surface area (Å²) in [6.07, 6.45) is -4.50. The normalized spacial score (nSPS) is 11.3. The average molecular weight is 310 g/mol. The Bertz CT molecular complexity index is 779. The molecule has 1 aromatic heterocycles. The number of aromatic nitrogens is 1. The van der Waals surface area contributed by atoms with E-state index >= 15 is 0 Å². The van der Waals surface area contributed by atoms with Gasteiger partial charge in [-0.15, -0.1) is 0 Å². The van der Waals surface area contributed by atoms with Crippen molar-refractivity contribution in [2.24, 2.45) is 0 Å². The molecule has 0 radical (unpaired) electrons. The zero-order valence-corrected chi connectivity index (χ0v) is 11.8. The highest BCUT2D eigenvalue weighted by molar-refractivity contribution is 6.05. The quantitative estimate of drug-likeness (QED) is 0.894. The fraction of sp³-hybridized carbons (Fsp3) is 0.200. The van der Waals surface area contributed by atoms with Gasteiger partial charge in [0.05, 0.1) is 5.56 Å². The van der Waals surface area contributed by atoms with Crippen LogP contribution in [0.1, 0.15) is 27.2 Å². The molecule has 0 aliphatic heterocycles. The summed E-state index contributed by atoms with van der Waals surface area (Å²) >= 11 is 0. The second-order valence-corrected chi connectivity index (χ2v) is 4.87. The van der Waals surface area contributed by atoms with E-state index < -0.39 is 23.2 Å². The molecule has 0 saturated heterocycles. The molecule has 0 spiro atoms.